The number of benzene rings is 1. The number of alkyl halides is 3. The molecular formula is C22H29F3N2O4. The van der Waals surface area contributed by atoms with Gasteiger partial charge >= 0.3 is 12.1 Å². The van der Waals surface area contributed by atoms with E-state index < -0.39 is 12.1 Å². The monoisotopic (exact) mass is 442 g/mol. The van der Waals surface area contributed by atoms with Crippen molar-refractivity contribution in [3.63, 3.8) is 0 Å². The van der Waals surface area contributed by atoms with Gasteiger partial charge in [0.05, 0.1) is 18.6 Å². The number of rotatable bonds is 5. The van der Waals surface area contributed by atoms with Crippen LogP contribution >= 0.6 is 0 Å². The highest BCUT2D eigenvalue weighted by molar-refractivity contribution is 5.78. The quantitative estimate of drug-likeness (QED) is 0.733. The van der Waals surface area contributed by atoms with Gasteiger partial charge in [-0.2, -0.15) is 13.2 Å². The fourth-order valence-corrected chi connectivity index (χ4v) is 4.08. The van der Waals surface area contributed by atoms with Crippen molar-refractivity contribution in [2.45, 2.75) is 44.5 Å². The maximum atomic E-state index is 12.4. The molecule has 1 aliphatic carbocycles. The normalized spacial score (nSPS) is 26.2. The number of carbonyl (C=O) groups is 2. The van der Waals surface area contributed by atoms with Crippen LogP contribution in [-0.2, 0) is 20.9 Å². The van der Waals surface area contributed by atoms with Crippen molar-refractivity contribution in [2.75, 3.05) is 26.2 Å². The van der Waals surface area contributed by atoms with Crippen LogP contribution < -0.4 is 5.32 Å². The fraction of sp³-hybridized carbons (Fsp3) is 0.636. The van der Waals surface area contributed by atoms with E-state index in [1.807, 2.05) is 0 Å². The molecule has 3 atom stereocenters. The number of aliphatic carboxylic acids is 1. The smallest absolute Gasteiger partial charge is 0.475 e. The van der Waals surface area contributed by atoms with Crippen LogP contribution in [-0.4, -0.2) is 60.4 Å². The van der Waals surface area contributed by atoms with Gasteiger partial charge in [0.15, 0.2) is 0 Å². The third kappa shape index (κ3) is 7.50. The number of fused-ring (bicyclic) bond motifs is 1. The second kappa shape index (κ2) is 10.5. The number of ether oxygens (including phenoxy) is 1. The number of halogens is 3. The molecule has 4 rings (SSSR count). The Morgan fingerprint density at radius 1 is 1.16 bits per heavy atom. The van der Waals surface area contributed by atoms with E-state index in [9.17, 15) is 18.0 Å². The second-order valence-electron chi connectivity index (χ2n) is 8.57. The van der Waals surface area contributed by atoms with Crippen molar-refractivity contribution in [2.24, 2.45) is 17.8 Å². The molecule has 172 valence electrons. The van der Waals surface area contributed by atoms with Crippen molar-refractivity contribution in [3.05, 3.63) is 35.9 Å². The molecule has 3 fully saturated rings. The predicted molar refractivity (Wildman–Crippen MR) is 107 cm³/mol. The zero-order valence-electron chi connectivity index (χ0n) is 17.3. The highest BCUT2D eigenvalue weighted by atomic mass is 19.4. The summed E-state index contributed by atoms with van der Waals surface area (Å²) in [6, 6.07) is 10.7. The van der Waals surface area contributed by atoms with E-state index in [4.69, 9.17) is 14.6 Å². The molecule has 0 aromatic heterocycles. The van der Waals surface area contributed by atoms with Crippen molar-refractivity contribution >= 4 is 11.9 Å². The van der Waals surface area contributed by atoms with E-state index in [-0.39, 0.29) is 11.8 Å². The Balaban J connectivity index is 0.000000339. The Hall–Kier alpha value is -2.13. The molecule has 2 saturated heterocycles. The van der Waals surface area contributed by atoms with Crippen LogP contribution in [0.25, 0.3) is 0 Å². The predicted octanol–water partition coefficient (Wildman–Crippen LogP) is 3.07. The van der Waals surface area contributed by atoms with Crippen molar-refractivity contribution in [1.29, 1.82) is 0 Å². The van der Waals surface area contributed by atoms with Crippen LogP contribution in [0.15, 0.2) is 30.3 Å². The zero-order valence-corrected chi connectivity index (χ0v) is 17.3. The van der Waals surface area contributed by atoms with Crippen molar-refractivity contribution in [1.82, 2.24) is 10.2 Å². The molecule has 1 aromatic carbocycles. The third-order valence-electron chi connectivity index (χ3n) is 5.97. The van der Waals surface area contributed by atoms with Gasteiger partial charge in [-0.3, -0.25) is 9.69 Å². The number of hydrogen-bond donors (Lipinski definition) is 2. The number of carbonyl (C=O) groups excluding carboxylic acids is 1. The Bertz CT molecular complexity index is 740. The molecule has 9 heteroatoms. The minimum absolute atomic E-state index is 0.0432. The number of nitrogens with zero attached hydrogens (tertiary/aromatic N) is 1. The topological polar surface area (TPSA) is 78.9 Å². The zero-order chi connectivity index (χ0) is 22.4. The molecule has 2 aliphatic heterocycles. The molecule has 1 saturated carbocycles. The summed E-state index contributed by atoms with van der Waals surface area (Å²) in [6.07, 6.45) is -0.105. The Kier molecular flexibility index (Phi) is 7.94. The van der Waals surface area contributed by atoms with Crippen LogP contribution in [0, 0.1) is 17.8 Å². The standard InChI is InChI=1S/C20H28N2O2.C2HF3O2/c23-20(21-11-15-6-7-15)18-10-17-13-22(9-8-19(17)24-14-18)12-16-4-2-1-3-5-16;3-2(4,5)1(6)7/h1-5,15,17-19H,6-14H2,(H,21,23);(H,6,7)/t17-,18-,19+;/m1./s1. The molecule has 1 amide bonds. The lowest BCUT2D eigenvalue weighted by atomic mass is 9.83. The molecule has 1 aromatic rings. The highest BCUT2D eigenvalue weighted by Gasteiger charge is 2.39. The Morgan fingerprint density at radius 3 is 2.45 bits per heavy atom. The van der Waals surface area contributed by atoms with Crippen LogP contribution in [0.5, 0.6) is 0 Å². The van der Waals surface area contributed by atoms with E-state index in [1.165, 1.54) is 18.4 Å². The van der Waals surface area contributed by atoms with Gasteiger partial charge in [-0.1, -0.05) is 30.3 Å². The maximum absolute atomic E-state index is 12.4. The largest absolute Gasteiger partial charge is 0.490 e. The van der Waals surface area contributed by atoms with Crippen LogP contribution in [0.3, 0.4) is 0 Å². The van der Waals surface area contributed by atoms with E-state index in [1.54, 1.807) is 0 Å². The molecule has 0 spiro atoms. The minimum atomic E-state index is -5.08. The SMILES string of the molecule is O=C(NCC1CC1)[C@H]1CO[C@H]2CCN(Cc3ccccc3)C[C@H]2C1.O=C(O)C(F)(F)F. The first-order valence-electron chi connectivity index (χ1n) is 10.7. The average Bonchev–Trinajstić information content (AvgIpc) is 3.56. The number of nitrogens with one attached hydrogen (secondary N) is 1. The fourth-order valence-electron chi connectivity index (χ4n) is 4.08. The third-order valence-corrected chi connectivity index (χ3v) is 5.97. The van der Waals surface area contributed by atoms with Crippen LogP contribution in [0.2, 0.25) is 0 Å². The van der Waals surface area contributed by atoms with E-state index in [0.717, 1.165) is 44.9 Å². The van der Waals surface area contributed by atoms with Gasteiger partial charge in [0, 0.05) is 26.2 Å². The molecule has 0 unspecified atom stereocenters. The Labute approximate surface area is 179 Å². The lowest BCUT2D eigenvalue weighted by molar-refractivity contribution is -0.192. The maximum Gasteiger partial charge on any atom is 0.490 e. The first-order valence-corrected chi connectivity index (χ1v) is 10.7. The average molecular weight is 442 g/mol. The number of piperidine rings is 1. The minimum Gasteiger partial charge on any atom is -0.475 e. The molecule has 6 nitrogen and oxygen atoms in total. The van der Waals surface area contributed by atoms with Crippen LogP contribution in [0.4, 0.5) is 13.2 Å². The molecular weight excluding hydrogens is 413 g/mol. The summed E-state index contributed by atoms with van der Waals surface area (Å²) >= 11 is 0. The number of carboxylic acids is 1. The van der Waals surface area contributed by atoms with Crippen molar-refractivity contribution in [3.8, 4) is 0 Å². The first-order chi connectivity index (χ1) is 14.7. The number of likely N-dealkylation sites (tertiary alicyclic amines) is 1. The number of hydrogen-bond acceptors (Lipinski definition) is 4. The summed E-state index contributed by atoms with van der Waals surface area (Å²) in [6.45, 7) is 4.61. The summed E-state index contributed by atoms with van der Waals surface area (Å²) in [5, 5.41) is 10.3. The van der Waals surface area contributed by atoms with Gasteiger partial charge in [-0.05, 0) is 43.1 Å². The molecule has 2 heterocycles. The van der Waals surface area contributed by atoms with Gasteiger partial charge in [0.1, 0.15) is 0 Å². The summed E-state index contributed by atoms with van der Waals surface area (Å²) in [5.41, 5.74) is 1.37. The molecule has 31 heavy (non-hydrogen) atoms. The molecule has 2 N–H and O–H groups in total. The van der Waals surface area contributed by atoms with Gasteiger partial charge < -0.3 is 15.2 Å². The van der Waals surface area contributed by atoms with Gasteiger partial charge in [-0.15, -0.1) is 0 Å². The molecule has 3 aliphatic rings. The van der Waals surface area contributed by atoms with Crippen LogP contribution in [0.1, 0.15) is 31.2 Å². The van der Waals surface area contributed by atoms with E-state index in [0.29, 0.717) is 18.6 Å². The lowest BCUT2D eigenvalue weighted by Crippen LogP contribution is -2.50. The van der Waals surface area contributed by atoms with Gasteiger partial charge in [-0.25, -0.2) is 4.79 Å². The second-order valence-corrected chi connectivity index (χ2v) is 8.57. The first kappa shape index (κ1) is 23.5. The lowest BCUT2D eigenvalue weighted by Gasteiger charge is -2.43. The van der Waals surface area contributed by atoms with E-state index >= 15 is 0 Å². The highest BCUT2D eigenvalue weighted by Crippen LogP contribution is 2.32. The number of amides is 1. The summed E-state index contributed by atoms with van der Waals surface area (Å²) in [4.78, 5) is 23.8. The van der Waals surface area contributed by atoms with Gasteiger partial charge in [0.25, 0.3) is 0 Å². The Morgan fingerprint density at radius 2 is 1.84 bits per heavy atom. The van der Waals surface area contributed by atoms with E-state index in [2.05, 4.69) is 40.5 Å². The van der Waals surface area contributed by atoms with Crippen molar-refractivity contribution < 1.29 is 32.6 Å². The summed E-state index contributed by atoms with van der Waals surface area (Å²) < 4.78 is 37.8. The number of carboxylic acid groups (broad SMARTS) is 1. The summed E-state index contributed by atoms with van der Waals surface area (Å²) in [7, 11) is 0. The summed E-state index contributed by atoms with van der Waals surface area (Å²) in [5.74, 6) is -1.27. The van der Waals surface area contributed by atoms with Gasteiger partial charge in [0.2, 0.25) is 5.91 Å². The molecule has 0 bridgehead atoms. The molecule has 0 radical (unpaired) electrons.